The summed E-state index contributed by atoms with van der Waals surface area (Å²) in [4.78, 5) is 0. The maximum absolute atomic E-state index is 10.7. The molecular formula is C7H7Cl2NO3S. The minimum absolute atomic E-state index is 0.127. The van der Waals surface area contributed by atoms with Gasteiger partial charge in [0.2, 0.25) is 0 Å². The number of benzene rings is 1. The van der Waals surface area contributed by atoms with Gasteiger partial charge in [0.25, 0.3) is 0 Å². The molecule has 78 valence electrons. The first-order chi connectivity index (χ1) is 6.34. The molecule has 1 aromatic carbocycles. The Kier molecular flexibility index (Phi) is 3.26. The zero-order valence-electron chi connectivity index (χ0n) is 7.11. The van der Waals surface area contributed by atoms with Gasteiger partial charge in [-0.1, -0.05) is 17.7 Å². The highest BCUT2D eigenvalue weighted by Crippen LogP contribution is 2.29. The van der Waals surface area contributed by atoms with Crippen LogP contribution in [0.15, 0.2) is 18.2 Å². The zero-order valence-corrected chi connectivity index (χ0v) is 9.44. The summed E-state index contributed by atoms with van der Waals surface area (Å²) in [5.74, 6) is 0. The Morgan fingerprint density at radius 3 is 2.50 bits per heavy atom. The highest BCUT2D eigenvalue weighted by molar-refractivity contribution is 7.88. The summed E-state index contributed by atoms with van der Waals surface area (Å²) in [7, 11) is -4.46. The Bertz CT molecular complexity index is 446. The summed E-state index contributed by atoms with van der Waals surface area (Å²) in [6.45, 7) is 1.60. The molecule has 0 aliphatic heterocycles. The van der Waals surface area contributed by atoms with Gasteiger partial charge in [-0.05, 0) is 24.6 Å². The molecule has 0 saturated heterocycles. The van der Waals surface area contributed by atoms with Crippen LogP contribution >= 0.6 is 23.4 Å². The molecule has 0 aliphatic rings. The molecule has 0 atom stereocenters. The number of rotatable bonds is 2. The van der Waals surface area contributed by atoms with E-state index in [0.717, 1.165) is 0 Å². The second kappa shape index (κ2) is 3.94. The van der Waals surface area contributed by atoms with E-state index >= 15 is 0 Å². The Hall–Kier alpha value is -0.490. The van der Waals surface area contributed by atoms with E-state index < -0.39 is 10.3 Å². The normalized spacial score (nSPS) is 11.4. The first-order valence-electron chi connectivity index (χ1n) is 3.52. The van der Waals surface area contributed by atoms with Crippen LogP contribution in [-0.4, -0.2) is 13.0 Å². The van der Waals surface area contributed by atoms with Crippen LogP contribution in [0.1, 0.15) is 5.56 Å². The van der Waals surface area contributed by atoms with E-state index in [4.69, 9.17) is 27.9 Å². The van der Waals surface area contributed by atoms with Crippen molar-refractivity contribution in [2.45, 2.75) is 6.92 Å². The van der Waals surface area contributed by atoms with Crippen molar-refractivity contribution < 1.29 is 13.0 Å². The number of halogens is 2. The average Bonchev–Trinajstić information content (AvgIpc) is 2.07. The molecule has 0 aliphatic carbocycles. The lowest BCUT2D eigenvalue weighted by Gasteiger charge is -2.14. The van der Waals surface area contributed by atoms with Crippen LogP contribution in [-0.2, 0) is 10.3 Å². The zero-order chi connectivity index (χ0) is 10.9. The van der Waals surface area contributed by atoms with Crippen molar-refractivity contribution in [2.75, 3.05) is 3.82 Å². The second-order valence-electron chi connectivity index (χ2n) is 2.58. The van der Waals surface area contributed by atoms with Crippen molar-refractivity contribution in [1.82, 2.24) is 0 Å². The first-order valence-corrected chi connectivity index (χ1v) is 5.64. The molecule has 0 unspecified atom stereocenters. The lowest BCUT2D eigenvalue weighted by atomic mass is 10.2. The topological polar surface area (TPSA) is 57.6 Å². The Balaban J connectivity index is 3.28. The minimum Gasteiger partial charge on any atom is -0.268 e. The summed E-state index contributed by atoms with van der Waals surface area (Å²) in [5, 5.41) is 0.372. The average molecular weight is 256 g/mol. The van der Waals surface area contributed by atoms with Gasteiger partial charge in [-0.15, -0.1) is 0 Å². The van der Waals surface area contributed by atoms with Gasteiger partial charge >= 0.3 is 10.3 Å². The van der Waals surface area contributed by atoms with Gasteiger partial charge in [0, 0.05) is 16.8 Å². The maximum atomic E-state index is 10.7. The van der Waals surface area contributed by atoms with Gasteiger partial charge in [-0.25, -0.2) is 0 Å². The van der Waals surface area contributed by atoms with Gasteiger partial charge in [0.05, 0.1) is 5.69 Å². The van der Waals surface area contributed by atoms with Gasteiger partial charge in [0.15, 0.2) is 0 Å². The molecule has 14 heavy (non-hydrogen) atoms. The summed E-state index contributed by atoms with van der Waals surface area (Å²) in [6.07, 6.45) is 0. The molecule has 1 rings (SSSR count). The van der Waals surface area contributed by atoms with Crippen LogP contribution in [0.5, 0.6) is 0 Å². The summed E-state index contributed by atoms with van der Waals surface area (Å²) >= 11 is 11.1. The number of hydrogen-bond donors (Lipinski definition) is 1. The molecular weight excluding hydrogens is 249 g/mol. The molecule has 0 radical (unpaired) electrons. The smallest absolute Gasteiger partial charge is 0.268 e. The predicted molar refractivity (Wildman–Crippen MR) is 56.1 cm³/mol. The number of hydrogen-bond acceptors (Lipinski definition) is 2. The minimum atomic E-state index is -4.46. The molecule has 1 N–H and O–H groups in total. The molecule has 0 aromatic heterocycles. The van der Waals surface area contributed by atoms with Gasteiger partial charge in [-0.3, -0.25) is 4.55 Å². The van der Waals surface area contributed by atoms with E-state index in [1.807, 2.05) is 0 Å². The third kappa shape index (κ3) is 2.30. The monoisotopic (exact) mass is 255 g/mol. The van der Waals surface area contributed by atoms with Gasteiger partial charge in [0.1, 0.15) is 0 Å². The van der Waals surface area contributed by atoms with Gasteiger partial charge < -0.3 is 0 Å². The maximum Gasteiger partial charge on any atom is 0.374 e. The molecule has 0 heterocycles. The molecule has 0 spiro atoms. The number of nitrogens with zero attached hydrogens (tertiary/aromatic N) is 1. The van der Waals surface area contributed by atoms with E-state index in [1.54, 1.807) is 13.0 Å². The van der Waals surface area contributed by atoms with Crippen molar-refractivity contribution in [3.63, 3.8) is 0 Å². The van der Waals surface area contributed by atoms with Crippen LogP contribution in [0.4, 0.5) is 5.69 Å². The van der Waals surface area contributed by atoms with Crippen LogP contribution in [0, 0.1) is 6.92 Å². The Morgan fingerprint density at radius 1 is 1.43 bits per heavy atom. The van der Waals surface area contributed by atoms with E-state index in [1.165, 1.54) is 12.1 Å². The molecule has 0 bridgehead atoms. The van der Waals surface area contributed by atoms with E-state index in [9.17, 15) is 8.42 Å². The molecule has 0 saturated carbocycles. The lowest BCUT2D eigenvalue weighted by molar-refractivity contribution is 0.485. The third-order valence-electron chi connectivity index (χ3n) is 1.63. The Labute approximate surface area is 92.0 Å². The van der Waals surface area contributed by atoms with Crippen molar-refractivity contribution in [3.8, 4) is 0 Å². The lowest BCUT2D eigenvalue weighted by Crippen LogP contribution is -2.20. The molecule has 4 nitrogen and oxygen atoms in total. The molecule has 1 aromatic rings. The van der Waals surface area contributed by atoms with Gasteiger partial charge in [-0.2, -0.15) is 12.2 Å². The van der Waals surface area contributed by atoms with Crippen molar-refractivity contribution in [3.05, 3.63) is 28.8 Å². The summed E-state index contributed by atoms with van der Waals surface area (Å²) in [5.41, 5.74) is 0.600. The second-order valence-corrected chi connectivity index (χ2v) is 4.78. The SMILES string of the molecule is Cc1c(Cl)cccc1N(Cl)S(=O)(=O)O. The van der Waals surface area contributed by atoms with Crippen LogP contribution in [0.2, 0.25) is 5.02 Å². The van der Waals surface area contributed by atoms with Crippen molar-refractivity contribution in [2.24, 2.45) is 0 Å². The standard InChI is InChI=1S/C7H7Cl2NO3S/c1-5-6(8)3-2-4-7(5)10(9)14(11,12)13/h2-4H,1H3,(H,11,12,13). The quantitative estimate of drug-likeness (QED) is 0.653. The van der Waals surface area contributed by atoms with E-state index in [2.05, 4.69) is 0 Å². The van der Waals surface area contributed by atoms with Crippen LogP contribution in [0.3, 0.4) is 0 Å². The number of anilines is 1. The fourth-order valence-corrected chi connectivity index (χ4v) is 1.71. The largest absolute Gasteiger partial charge is 0.374 e. The predicted octanol–water partition coefficient (Wildman–Crippen LogP) is 2.41. The molecule has 0 amide bonds. The van der Waals surface area contributed by atoms with E-state index in [0.29, 0.717) is 10.6 Å². The fourth-order valence-electron chi connectivity index (χ4n) is 0.911. The highest BCUT2D eigenvalue weighted by atomic mass is 35.5. The summed E-state index contributed by atoms with van der Waals surface area (Å²) < 4.78 is 30.3. The van der Waals surface area contributed by atoms with Crippen LogP contribution in [0.25, 0.3) is 0 Å². The molecule has 7 heteroatoms. The fraction of sp³-hybridized carbons (Fsp3) is 0.143. The third-order valence-corrected chi connectivity index (χ3v) is 3.35. The Morgan fingerprint density at radius 2 is 2.00 bits per heavy atom. The van der Waals surface area contributed by atoms with E-state index in [-0.39, 0.29) is 9.51 Å². The van der Waals surface area contributed by atoms with Crippen molar-refractivity contribution >= 4 is 39.4 Å². The summed E-state index contributed by atoms with van der Waals surface area (Å²) in [6, 6.07) is 4.56. The highest BCUT2D eigenvalue weighted by Gasteiger charge is 2.19. The molecule has 0 fully saturated rings. The van der Waals surface area contributed by atoms with Crippen LogP contribution < -0.4 is 3.82 Å². The van der Waals surface area contributed by atoms with Crippen molar-refractivity contribution in [1.29, 1.82) is 0 Å². The first kappa shape index (κ1) is 11.6.